The molecule has 1 fully saturated rings. The third kappa shape index (κ3) is 4.57. The van der Waals surface area contributed by atoms with E-state index < -0.39 is 11.9 Å². The number of rotatable bonds is 5. The van der Waals surface area contributed by atoms with Gasteiger partial charge in [0.25, 0.3) is 5.91 Å². The lowest BCUT2D eigenvalue weighted by Gasteiger charge is -2.22. The van der Waals surface area contributed by atoms with Gasteiger partial charge in [-0.2, -0.15) is 5.10 Å². The molecule has 2 aromatic heterocycles. The molecule has 9 heteroatoms. The van der Waals surface area contributed by atoms with E-state index in [1.165, 1.54) is 30.9 Å². The first-order valence-corrected chi connectivity index (χ1v) is 12.9. The maximum atomic E-state index is 14.2. The number of fused-ring (bicyclic) bond motifs is 2. The van der Waals surface area contributed by atoms with E-state index >= 15 is 0 Å². The summed E-state index contributed by atoms with van der Waals surface area (Å²) in [4.78, 5) is 30.5. The van der Waals surface area contributed by atoms with Gasteiger partial charge in [0, 0.05) is 45.6 Å². The number of anilines is 1. The molecule has 1 unspecified atom stereocenters. The molecule has 188 valence electrons. The van der Waals surface area contributed by atoms with Crippen molar-refractivity contribution >= 4 is 34.7 Å². The van der Waals surface area contributed by atoms with Crippen LogP contribution in [-0.4, -0.2) is 26.4 Å². The molecule has 37 heavy (non-hydrogen) atoms. The van der Waals surface area contributed by atoms with Crippen LogP contribution in [0.5, 0.6) is 0 Å². The highest BCUT2D eigenvalue weighted by atomic mass is 35.5. The first kappa shape index (κ1) is 23.6. The Morgan fingerprint density at radius 1 is 1.11 bits per heavy atom. The molecule has 1 saturated carbocycles. The summed E-state index contributed by atoms with van der Waals surface area (Å²) in [5, 5.41) is 10.6. The first-order valence-electron chi connectivity index (χ1n) is 12.5. The molecule has 1 aliphatic carbocycles. The lowest BCUT2D eigenvalue weighted by atomic mass is 9.86. The molecule has 1 atom stereocenters. The molecule has 4 aromatic rings. The second-order valence-corrected chi connectivity index (χ2v) is 10.2. The van der Waals surface area contributed by atoms with Crippen molar-refractivity contribution in [2.45, 2.75) is 44.6 Å². The molecule has 0 radical (unpaired) electrons. The second kappa shape index (κ2) is 9.59. The maximum absolute atomic E-state index is 14.2. The van der Waals surface area contributed by atoms with Gasteiger partial charge in [0.05, 0.1) is 6.04 Å². The SMILES string of the molecule is O=C(CC1CCCCC1)Nc1cc(-c2ccc3ncnn3c2)cc2c1C(c1cc(F)ccc1Cl)NC2=O. The lowest BCUT2D eigenvalue weighted by Crippen LogP contribution is -2.22. The van der Waals surface area contributed by atoms with Crippen molar-refractivity contribution < 1.29 is 14.0 Å². The number of carbonyl (C=O) groups is 2. The van der Waals surface area contributed by atoms with Gasteiger partial charge in [-0.15, -0.1) is 0 Å². The van der Waals surface area contributed by atoms with Gasteiger partial charge in [-0.05, 0) is 66.8 Å². The van der Waals surface area contributed by atoms with Gasteiger partial charge in [-0.25, -0.2) is 13.9 Å². The smallest absolute Gasteiger partial charge is 0.252 e. The Hall–Kier alpha value is -3.78. The Morgan fingerprint density at radius 2 is 1.95 bits per heavy atom. The highest BCUT2D eigenvalue weighted by molar-refractivity contribution is 6.31. The highest BCUT2D eigenvalue weighted by Crippen LogP contribution is 2.42. The van der Waals surface area contributed by atoms with Crippen LogP contribution < -0.4 is 10.6 Å². The molecule has 6 rings (SSSR count). The van der Waals surface area contributed by atoms with E-state index in [1.54, 1.807) is 10.6 Å². The minimum absolute atomic E-state index is 0.0959. The summed E-state index contributed by atoms with van der Waals surface area (Å²) in [6.07, 6.45) is 9.32. The molecule has 2 aliphatic rings. The van der Waals surface area contributed by atoms with E-state index in [1.807, 2.05) is 24.4 Å². The zero-order valence-electron chi connectivity index (χ0n) is 20.0. The summed E-state index contributed by atoms with van der Waals surface area (Å²) >= 11 is 6.43. The zero-order valence-corrected chi connectivity index (χ0v) is 20.8. The fourth-order valence-electron chi connectivity index (χ4n) is 5.51. The molecule has 0 bridgehead atoms. The molecule has 0 spiro atoms. The zero-order chi connectivity index (χ0) is 25.5. The normalized spacial score (nSPS) is 17.6. The number of nitrogens with zero attached hydrogens (tertiary/aromatic N) is 3. The number of nitrogens with one attached hydrogen (secondary N) is 2. The van der Waals surface area contributed by atoms with Gasteiger partial charge in [0.2, 0.25) is 5.91 Å². The van der Waals surface area contributed by atoms with E-state index in [-0.39, 0.29) is 11.8 Å². The minimum atomic E-state index is -0.692. The third-order valence-corrected chi connectivity index (χ3v) is 7.68. The van der Waals surface area contributed by atoms with Gasteiger partial charge in [-0.1, -0.05) is 30.9 Å². The summed E-state index contributed by atoms with van der Waals surface area (Å²) in [5.41, 5.74) is 4.19. The van der Waals surface area contributed by atoms with Gasteiger partial charge < -0.3 is 10.6 Å². The molecule has 2 N–H and O–H groups in total. The maximum Gasteiger partial charge on any atom is 0.252 e. The van der Waals surface area contributed by atoms with Crippen LogP contribution in [0.2, 0.25) is 5.02 Å². The average Bonchev–Trinajstić information content (AvgIpc) is 3.50. The van der Waals surface area contributed by atoms with Crippen LogP contribution in [0.15, 0.2) is 55.0 Å². The third-order valence-electron chi connectivity index (χ3n) is 7.34. The average molecular weight is 518 g/mol. The molecule has 2 amide bonds. The Morgan fingerprint density at radius 3 is 2.78 bits per heavy atom. The number of hydrogen-bond donors (Lipinski definition) is 2. The summed E-state index contributed by atoms with van der Waals surface area (Å²) in [6.45, 7) is 0. The van der Waals surface area contributed by atoms with Gasteiger partial charge in [-0.3, -0.25) is 9.59 Å². The summed E-state index contributed by atoms with van der Waals surface area (Å²) in [7, 11) is 0. The number of aromatic nitrogens is 3. The van der Waals surface area contributed by atoms with E-state index in [9.17, 15) is 14.0 Å². The fraction of sp³-hybridized carbons (Fsp3) is 0.286. The van der Waals surface area contributed by atoms with Crippen LogP contribution in [0.3, 0.4) is 0 Å². The van der Waals surface area contributed by atoms with Gasteiger partial charge in [0.1, 0.15) is 12.1 Å². The predicted molar refractivity (Wildman–Crippen MR) is 139 cm³/mol. The van der Waals surface area contributed by atoms with Crippen LogP contribution in [0, 0.1) is 11.7 Å². The molecular formula is C28H25ClFN5O2. The van der Waals surface area contributed by atoms with Crippen molar-refractivity contribution in [2.75, 3.05) is 5.32 Å². The number of benzene rings is 2. The molecule has 1 aliphatic heterocycles. The molecule has 0 saturated heterocycles. The van der Waals surface area contributed by atoms with Crippen molar-refractivity contribution in [2.24, 2.45) is 5.92 Å². The quantitative estimate of drug-likeness (QED) is 0.343. The second-order valence-electron chi connectivity index (χ2n) is 9.79. The lowest BCUT2D eigenvalue weighted by molar-refractivity contribution is -0.117. The van der Waals surface area contributed by atoms with E-state index in [0.717, 1.165) is 36.8 Å². The minimum Gasteiger partial charge on any atom is -0.341 e. The molecule has 7 nitrogen and oxygen atoms in total. The fourth-order valence-corrected chi connectivity index (χ4v) is 5.74. The van der Waals surface area contributed by atoms with Crippen molar-refractivity contribution in [1.29, 1.82) is 0 Å². The standard InChI is InChI=1S/C28H25ClFN5O2/c29-22-8-7-19(30)13-20(22)27-26-21(28(37)34-27)11-18(17-6-9-24-31-15-32-35(24)14-17)12-23(26)33-25(36)10-16-4-2-1-3-5-16/h6-9,11-16,27H,1-5,10H2,(H,33,36)(H,34,37). The first-order chi connectivity index (χ1) is 18.0. The molecule has 2 aromatic carbocycles. The predicted octanol–water partition coefficient (Wildman–Crippen LogP) is 5.93. The number of amides is 2. The van der Waals surface area contributed by atoms with E-state index in [0.29, 0.717) is 45.4 Å². The van der Waals surface area contributed by atoms with Crippen LogP contribution in [0.4, 0.5) is 10.1 Å². The Labute approximate surface area is 218 Å². The van der Waals surface area contributed by atoms with E-state index in [4.69, 9.17) is 11.6 Å². The van der Waals surface area contributed by atoms with Crippen LogP contribution in [0.1, 0.15) is 66.1 Å². The largest absolute Gasteiger partial charge is 0.341 e. The number of carbonyl (C=O) groups excluding carboxylic acids is 2. The van der Waals surface area contributed by atoms with Gasteiger partial charge >= 0.3 is 0 Å². The summed E-state index contributed by atoms with van der Waals surface area (Å²) in [5.74, 6) is -0.510. The van der Waals surface area contributed by atoms with E-state index in [2.05, 4.69) is 20.7 Å². The molecular weight excluding hydrogens is 493 g/mol. The summed E-state index contributed by atoms with van der Waals surface area (Å²) in [6, 6.07) is 10.8. The Kier molecular flexibility index (Phi) is 6.12. The number of halogens is 2. The van der Waals surface area contributed by atoms with Crippen LogP contribution >= 0.6 is 11.6 Å². The van der Waals surface area contributed by atoms with Gasteiger partial charge in [0.15, 0.2) is 5.65 Å². The Bertz CT molecular complexity index is 1530. The topological polar surface area (TPSA) is 88.4 Å². The summed E-state index contributed by atoms with van der Waals surface area (Å²) < 4.78 is 15.8. The van der Waals surface area contributed by atoms with Crippen molar-refractivity contribution in [3.05, 3.63) is 82.5 Å². The van der Waals surface area contributed by atoms with Crippen molar-refractivity contribution in [3.8, 4) is 11.1 Å². The van der Waals surface area contributed by atoms with Crippen molar-refractivity contribution in [3.63, 3.8) is 0 Å². The number of pyridine rings is 1. The van der Waals surface area contributed by atoms with Crippen LogP contribution in [0.25, 0.3) is 16.8 Å². The molecule has 3 heterocycles. The Balaban J connectivity index is 1.44. The number of hydrogen-bond acceptors (Lipinski definition) is 4. The van der Waals surface area contributed by atoms with Crippen molar-refractivity contribution in [1.82, 2.24) is 19.9 Å². The highest BCUT2D eigenvalue weighted by Gasteiger charge is 2.35. The van der Waals surface area contributed by atoms with Crippen LogP contribution in [-0.2, 0) is 4.79 Å². The monoisotopic (exact) mass is 517 g/mol.